The number of nitrogens with zero attached hydrogens (tertiary/aromatic N) is 1. The predicted molar refractivity (Wildman–Crippen MR) is 88.9 cm³/mol. The molecule has 0 unspecified atom stereocenters. The van der Waals surface area contributed by atoms with Gasteiger partial charge in [-0.1, -0.05) is 38.1 Å². The van der Waals surface area contributed by atoms with Crippen molar-refractivity contribution in [1.29, 1.82) is 5.26 Å². The standard InChI is InChI=1S/C18H17N3O2/c1-12(2)13-7-9-15(10-8-13)20-17(22)18(23)21-16-6-4-3-5-14(16)11-19/h3-10,12H,1-2H3,(H,20,22)(H,21,23). The number of nitrogens with one attached hydrogen (secondary N) is 2. The van der Waals surface area contributed by atoms with Crippen LogP contribution in [-0.2, 0) is 9.59 Å². The summed E-state index contributed by atoms with van der Waals surface area (Å²) in [6.45, 7) is 4.15. The van der Waals surface area contributed by atoms with Crippen LogP contribution < -0.4 is 10.6 Å². The molecule has 2 amide bonds. The maximum absolute atomic E-state index is 11.9. The molecular formula is C18H17N3O2. The molecule has 2 rings (SSSR count). The molecule has 0 bridgehead atoms. The van der Waals surface area contributed by atoms with Crippen molar-refractivity contribution in [2.75, 3.05) is 10.6 Å². The van der Waals surface area contributed by atoms with Gasteiger partial charge in [0.1, 0.15) is 6.07 Å². The van der Waals surface area contributed by atoms with Crippen molar-refractivity contribution in [3.8, 4) is 6.07 Å². The normalized spacial score (nSPS) is 10.0. The molecule has 0 radical (unpaired) electrons. The molecule has 2 aromatic carbocycles. The van der Waals surface area contributed by atoms with Crippen LogP contribution in [-0.4, -0.2) is 11.8 Å². The number of rotatable bonds is 3. The Hall–Kier alpha value is -3.13. The molecule has 0 aliphatic carbocycles. The molecule has 0 atom stereocenters. The molecule has 0 spiro atoms. The molecule has 0 saturated heterocycles. The number of carbonyl (C=O) groups is 2. The highest BCUT2D eigenvalue weighted by atomic mass is 16.2. The van der Waals surface area contributed by atoms with Crippen molar-refractivity contribution in [1.82, 2.24) is 0 Å². The Bertz CT molecular complexity index is 759. The predicted octanol–water partition coefficient (Wildman–Crippen LogP) is 3.26. The van der Waals surface area contributed by atoms with Gasteiger partial charge in [-0.3, -0.25) is 9.59 Å². The Morgan fingerprint density at radius 2 is 1.57 bits per heavy atom. The zero-order chi connectivity index (χ0) is 16.8. The minimum atomic E-state index is -0.819. The van der Waals surface area contributed by atoms with Crippen molar-refractivity contribution < 1.29 is 9.59 Å². The third-order valence-electron chi connectivity index (χ3n) is 3.34. The summed E-state index contributed by atoms with van der Waals surface area (Å²) >= 11 is 0. The van der Waals surface area contributed by atoms with Crippen molar-refractivity contribution >= 4 is 23.2 Å². The minimum Gasteiger partial charge on any atom is -0.318 e. The minimum absolute atomic E-state index is 0.301. The summed E-state index contributed by atoms with van der Waals surface area (Å²) < 4.78 is 0. The first kappa shape index (κ1) is 16.2. The van der Waals surface area contributed by atoms with Crippen LogP contribution in [0, 0.1) is 11.3 Å². The first-order chi connectivity index (χ1) is 11.0. The second-order valence-corrected chi connectivity index (χ2v) is 5.34. The Morgan fingerprint density at radius 3 is 2.17 bits per heavy atom. The summed E-state index contributed by atoms with van der Waals surface area (Å²) in [7, 11) is 0. The van der Waals surface area contributed by atoms with E-state index >= 15 is 0 Å². The van der Waals surface area contributed by atoms with E-state index in [0.717, 1.165) is 5.56 Å². The zero-order valence-electron chi connectivity index (χ0n) is 13.0. The molecule has 0 aliphatic rings. The van der Waals surface area contributed by atoms with Crippen LogP contribution in [0.15, 0.2) is 48.5 Å². The van der Waals surface area contributed by atoms with E-state index in [1.807, 2.05) is 18.2 Å². The Kier molecular flexibility index (Phi) is 5.11. The summed E-state index contributed by atoms with van der Waals surface area (Å²) in [4.78, 5) is 23.9. The highest BCUT2D eigenvalue weighted by Crippen LogP contribution is 2.17. The number of carbonyl (C=O) groups excluding carboxylic acids is 2. The number of anilines is 2. The van der Waals surface area contributed by atoms with Gasteiger partial charge in [-0.25, -0.2) is 0 Å². The van der Waals surface area contributed by atoms with E-state index < -0.39 is 11.8 Å². The summed E-state index contributed by atoms with van der Waals surface area (Å²) in [5.41, 5.74) is 2.30. The van der Waals surface area contributed by atoms with Crippen molar-refractivity contribution in [3.63, 3.8) is 0 Å². The van der Waals surface area contributed by atoms with Crippen molar-refractivity contribution in [2.24, 2.45) is 0 Å². The van der Waals surface area contributed by atoms with Crippen LogP contribution in [0.25, 0.3) is 0 Å². The molecule has 116 valence electrons. The second kappa shape index (κ2) is 7.23. The van der Waals surface area contributed by atoms with Gasteiger partial charge in [0, 0.05) is 5.69 Å². The molecule has 2 N–H and O–H groups in total. The van der Waals surface area contributed by atoms with Gasteiger partial charge in [0.2, 0.25) is 0 Å². The van der Waals surface area contributed by atoms with Crippen LogP contribution >= 0.6 is 0 Å². The first-order valence-electron chi connectivity index (χ1n) is 7.22. The maximum Gasteiger partial charge on any atom is 0.314 e. The lowest BCUT2D eigenvalue weighted by Gasteiger charge is -2.09. The summed E-state index contributed by atoms with van der Waals surface area (Å²) in [6.07, 6.45) is 0. The second-order valence-electron chi connectivity index (χ2n) is 5.34. The van der Waals surface area contributed by atoms with E-state index in [-0.39, 0.29) is 0 Å². The molecule has 5 nitrogen and oxygen atoms in total. The first-order valence-corrected chi connectivity index (χ1v) is 7.22. The summed E-state index contributed by atoms with van der Waals surface area (Å²) in [6, 6.07) is 15.8. The number of benzene rings is 2. The Morgan fingerprint density at radius 1 is 0.957 bits per heavy atom. The average molecular weight is 307 g/mol. The van der Waals surface area contributed by atoms with Gasteiger partial charge < -0.3 is 10.6 Å². The largest absolute Gasteiger partial charge is 0.318 e. The van der Waals surface area contributed by atoms with Crippen LogP contribution in [0.4, 0.5) is 11.4 Å². The molecule has 23 heavy (non-hydrogen) atoms. The van der Waals surface area contributed by atoms with Crippen LogP contribution in [0.3, 0.4) is 0 Å². The fraction of sp³-hybridized carbons (Fsp3) is 0.167. The fourth-order valence-corrected chi connectivity index (χ4v) is 2.01. The van der Waals surface area contributed by atoms with E-state index in [2.05, 4.69) is 24.5 Å². The van der Waals surface area contributed by atoms with Gasteiger partial charge in [-0.2, -0.15) is 5.26 Å². The van der Waals surface area contributed by atoms with Gasteiger partial charge in [-0.05, 0) is 35.7 Å². The fourth-order valence-electron chi connectivity index (χ4n) is 2.01. The average Bonchev–Trinajstić information content (AvgIpc) is 2.55. The molecule has 0 aliphatic heterocycles. The van der Waals surface area contributed by atoms with Gasteiger partial charge >= 0.3 is 11.8 Å². The monoisotopic (exact) mass is 307 g/mol. The number of amides is 2. The van der Waals surface area contributed by atoms with E-state index in [0.29, 0.717) is 22.9 Å². The van der Waals surface area contributed by atoms with Gasteiger partial charge in [0.25, 0.3) is 0 Å². The third kappa shape index (κ3) is 4.17. The highest BCUT2D eigenvalue weighted by Gasteiger charge is 2.15. The maximum atomic E-state index is 11.9. The lowest BCUT2D eigenvalue weighted by molar-refractivity contribution is -0.133. The lowest BCUT2D eigenvalue weighted by atomic mass is 10.0. The molecule has 0 fully saturated rings. The summed E-state index contributed by atoms with van der Waals surface area (Å²) in [5.74, 6) is -1.21. The third-order valence-corrected chi connectivity index (χ3v) is 3.34. The van der Waals surface area contributed by atoms with Crippen LogP contribution in [0.5, 0.6) is 0 Å². The molecular weight excluding hydrogens is 290 g/mol. The Balaban J connectivity index is 2.03. The zero-order valence-corrected chi connectivity index (χ0v) is 13.0. The number of para-hydroxylation sites is 1. The van der Waals surface area contributed by atoms with Crippen molar-refractivity contribution in [3.05, 3.63) is 59.7 Å². The van der Waals surface area contributed by atoms with Gasteiger partial charge in [-0.15, -0.1) is 0 Å². The van der Waals surface area contributed by atoms with E-state index in [4.69, 9.17) is 5.26 Å². The highest BCUT2D eigenvalue weighted by molar-refractivity contribution is 6.43. The van der Waals surface area contributed by atoms with E-state index in [9.17, 15) is 9.59 Å². The molecule has 5 heteroatoms. The lowest BCUT2D eigenvalue weighted by Crippen LogP contribution is -2.29. The van der Waals surface area contributed by atoms with Crippen molar-refractivity contribution in [2.45, 2.75) is 19.8 Å². The molecule has 2 aromatic rings. The topological polar surface area (TPSA) is 82.0 Å². The van der Waals surface area contributed by atoms with Crippen LogP contribution in [0.1, 0.15) is 30.9 Å². The smallest absolute Gasteiger partial charge is 0.314 e. The van der Waals surface area contributed by atoms with Crippen LogP contribution in [0.2, 0.25) is 0 Å². The molecule has 0 heterocycles. The van der Waals surface area contributed by atoms with E-state index in [1.54, 1.807) is 36.4 Å². The van der Waals surface area contributed by atoms with Gasteiger partial charge in [0.15, 0.2) is 0 Å². The number of hydrogen-bond donors (Lipinski definition) is 2. The molecule has 0 aromatic heterocycles. The Labute approximate surface area is 134 Å². The molecule has 0 saturated carbocycles. The van der Waals surface area contributed by atoms with E-state index in [1.165, 1.54) is 0 Å². The SMILES string of the molecule is CC(C)c1ccc(NC(=O)C(=O)Nc2ccccc2C#N)cc1. The van der Waals surface area contributed by atoms with Gasteiger partial charge in [0.05, 0.1) is 11.3 Å². The quantitative estimate of drug-likeness (QED) is 0.854. The summed E-state index contributed by atoms with van der Waals surface area (Å²) in [5, 5.41) is 13.9. The number of nitriles is 1. The number of hydrogen-bond acceptors (Lipinski definition) is 3.